The third-order valence-corrected chi connectivity index (χ3v) is 3.15. The topological polar surface area (TPSA) is 74.8 Å². The van der Waals surface area contributed by atoms with Crippen molar-refractivity contribution in [2.75, 3.05) is 5.32 Å². The predicted molar refractivity (Wildman–Crippen MR) is 81.5 cm³/mol. The number of para-hydroxylation sites is 1. The van der Waals surface area contributed by atoms with Gasteiger partial charge in [-0.3, -0.25) is 14.6 Å². The Morgan fingerprint density at radius 1 is 1.19 bits per heavy atom. The third kappa shape index (κ3) is 2.67. The normalized spacial score (nSPS) is 10.5. The number of amides is 1. The molecule has 0 unspecified atom stereocenters. The fraction of sp³-hybridized carbons (Fsp3) is 0.0625. The summed E-state index contributed by atoms with van der Waals surface area (Å²) in [6, 6.07) is 12.0. The fourth-order valence-electron chi connectivity index (χ4n) is 2.21. The average Bonchev–Trinajstić information content (AvgIpc) is 2.46. The third-order valence-electron chi connectivity index (χ3n) is 3.15. The number of pyridine rings is 2. The van der Waals surface area contributed by atoms with Crippen LogP contribution in [-0.2, 0) is 0 Å². The van der Waals surface area contributed by atoms with Crippen LogP contribution in [-0.4, -0.2) is 15.9 Å². The van der Waals surface area contributed by atoms with Gasteiger partial charge in [0.25, 0.3) is 5.91 Å². The van der Waals surface area contributed by atoms with Gasteiger partial charge in [-0.2, -0.15) is 0 Å². The molecule has 3 aromatic rings. The van der Waals surface area contributed by atoms with Crippen molar-refractivity contribution in [1.82, 2.24) is 9.97 Å². The molecule has 0 aliphatic rings. The van der Waals surface area contributed by atoms with Gasteiger partial charge >= 0.3 is 0 Å². The maximum atomic E-state index is 12.4. The number of H-pyrrole nitrogens is 1. The number of anilines is 1. The van der Waals surface area contributed by atoms with Gasteiger partial charge in [0.2, 0.25) is 5.56 Å². The van der Waals surface area contributed by atoms with E-state index in [-0.39, 0.29) is 11.5 Å². The molecular formula is C16H13N3O2. The van der Waals surface area contributed by atoms with Gasteiger partial charge in [0.1, 0.15) is 0 Å². The number of fused-ring (bicyclic) bond motifs is 1. The van der Waals surface area contributed by atoms with Gasteiger partial charge in [0, 0.05) is 34.5 Å². The summed E-state index contributed by atoms with van der Waals surface area (Å²) in [7, 11) is 0. The zero-order valence-electron chi connectivity index (χ0n) is 11.4. The van der Waals surface area contributed by atoms with Crippen LogP contribution in [0, 0.1) is 6.92 Å². The molecule has 0 aliphatic heterocycles. The Kier molecular flexibility index (Phi) is 3.23. The van der Waals surface area contributed by atoms with Gasteiger partial charge in [-0.1, -0.05) is 18.2 Å². The molecule has 5 heteroatoms. The zero-order chi connectivity index (χ0) is 14.8. The van der Waals surface area contributed by atoms with Crippen LogP contribution in [0.25, 0.3) is 10.9 Å². The Bertz CT molecular complexity index is 884. The first-order chi connectivity index (χ1) is 10.1. The van der Waals surface area contributed by atoms with E-state index in [0.717, 1.165) is 5.69 Å². The highest BCUT2D eigenvalue weighted by Gasteiger charge is 2.11. The van der Waals surface area contributed by atoms with Crippen LogP contribution in [0.2, 0.25) is 0 Å². The van der Waals surface area contributed by atoms with Crippen molar-refractivity contribution in [1.29, 1.82) is 0 Å². The molecule has 0 saturated carbocycles. The van der Waals surface area contributed by atoms with Gasteiger partial charge in [0.05, 0.1) is 5.56 Å². The number of aromatic amines is 1. The molecule has 1 amide bonds. The quantitative estimate of drug-likeness (QED) is 0.756. The second-order valence-electron chi connectivity index (χ2n) is 4.73. The Labute approximate surface area is 120 Å². The number of carbonyl (C=O) groups excluding carboxylic acids is 1. The lowest BCUT2D eigenvalue weighted by atomic mass is 10.1. The van der Waals surface area contributed by atoms with E-state index in [1.165, 1.54) is 6.07 Å². The zero-order valence-corrected chi connectivity index (χ0v) is 11.4. The van der Waals surface area contributed by atoms with E-state index >= 15 is 0 Å². The number of hydrogen-bond donors (Lipinski definition) is 2. The van der Waals surface area contributed by atoms with Crippen LogP contribution in [0.15, 0.2) is 53.5 Å². The summed E-state index contributed by atoms with van der Waals surface area (Å²) in [6.07, 6.45) is 1.63. The van der Waals surface area contributed by atoms with E-state index in [4.69, 9.17) is 0 Å². The molecular weight excluding hydrogens is 266 g/mol. The number of benzene rings is 1. The van der Waals surface area contributed by atoms with Crippen molar-refractivity contribution >= 4 is 22.5 Å². The first-order valence-electron chi connectivity index (χ1n) is 6.49. The van der Waals surface area contributed by atoms with Crippen LogP contribution in [0.5, 0.6) is 0 Å². The summed E-state index contributed by atoms with van der Waals surface area (Å²) >= 11 is 0. The molecule has 21 heavy (non-hydrogen) atoms. The standard InChI is InChI=1S/C16H13N3O2/c1-10-8-11(6-7-17-10)18-16(21)13-9-15(20)19-14-5-3-2-4-12(13)14/h2-9H,1H3,(H,19,20)(H,17,18,21). The number of hydrogen-bond acceptors (Lipinski definition) is 3. The van der Waals surface area contributed by atoms with Gasteiger partial charge < -0.3 is 10.3 Å². The molecule has 1 aromatic carbocycles. The average molecular weight is 279 g/mol. The summed E-state index contributed by atoms with van der Waals surface area (Å²) in [5.41, 5.74) is 2.15. The summed E-state index contributed by atoms with van der Waals surface area (Å²) in [5.74, 6) is -0.317. The number of nitrogens with zero attached hydrogens (tertiary/aromatic N) is 1. The molecule has 0 radical (unpaired) electrons. The van der Waals surface area contributed by atoms with Gasteiger partial charge in [0.15, 0.2) is 0 Å². The Morgan fingerprint density at radius 2 is 2.00 bits per heavy atom. The van der Waals surface area contributed by atoms with Crippen LogP contribution in [0.3, 0.4) is 0 Å². The lowest BCUT2D eigenvalue weighted by Crippen LogP contribution is -2.17. The fourth-order valence-corrected chi connectivity index (χ4v) is 2.21. The van der Waals surface area contributed by atoms with Crippen LogP contribution in [0.4, 0.5) is 5.69 Å². The maximum absolute atomic E-state index is 12.4. The Hall–Kier alpha value is -2.95. The first-order valence-corrected chi connectivity index (χ1v) is 6.49. The van der Waals surface area contributed by atoms with Crippen LogP contribution < -0.4 is 10.9 Å². The van der Waals surface area contributed by atoms with Crippen LogP contribution in [0.1, 0.15) is 16.1 Å². The molecule has 0 atom stereocenters. The summed E-state index contributed by atoms with van der Waals surface area (Å²) in [5, 5.41) is 3.50. The lowest BCUT2D eigenvalue weighted by Gasteiger charge is -2.08. The summed E-state index contributed by atoms with van der Waals surface area (Å²) < 4.78 is 0. The largest absolute Gasteiger partial charge is 0.322 e. The Morgan fingerprint density at radius 3 is 2.81 bits per heavy atom. The molecule has 2 heterocycles. The number of nitrogens with one attached hydrogen (secondary N) is 2. The van der Waals surface area contributed by atoms with Gasteiger partial charge in [-0.25, -0.2) is 0 Å². The second-order valence-corrected chi connectivity index (χ2v) is 4.73. The van der Waals surface area contributed by atoms with Gasteiger partial charge in [-0.05, 0) is 25.1 Å². The maximum Gasteiger partial charge on any atom is 0.256 e. The lowest BCUT2D eigenvalue weighted by molar-refractivity contribution is 0.102. The molecule has 104 valence electrons. The highest BCUT2D eigenvalue weighted by Crippen LogP contribution is 2.16. The molecule has 0 fully saturated rings. The van der Waals surface area contributed by atoms with Crippen molar-refractivity contribution < 1.29 is 4.79 Å². The highest BCUT2D eigenvalue weighted by molar-refractivity contribution is 6.12. The SMILES string of the molecule is Cc1cc(NC(=O)c2cc(=O)[nH]c3ccccc23)ccn1. The van der Waals surface area contributed by atoms with Crippen LogP contribution >= 0.6 is 0 Å². The number of aromatic nitrogens is 2. The van der Waals surface area contributed by atoms with Crippen molar-refractivity contribution in [3.8, 4) is 0 Å². The minimum Gasteiger partial charge on any atom is -0.322 e. The summed E-state index contributed by atoms with van der Waals surface area (Å²) in [6.45, 7) is 1.85. The first kappa shape index (κ1) is 13.1. The number of rotatable bonds is 2. The molecule has 0 bridgehead atoms. The van der Waals surface area contributed by atoms with Crippen molar-refractivity contribution in [3.05, 3.63) is 70.3 Å². The minimum absolute atomic E-state index is 0.301. The van der Waals surface area contributed by atoms with Gasteiger partial charge in [-0.15, -0.1) is 0 Å². The number of carbonyl (C=O) groups is 1. The summed E-state index contributed by atoms with van der Waals surface area (Å²) in [4.78, 5) is 30.9. The van der Waals surface area contributed by atoms with Crippen molar-refractivity contribution in [2.24, 2.45) is 0 Å². The molecule has 2 aromatic heterocycles. The second kappa shape index (κ2) is 5.20. The van der Waals surface area contributed by atoms with Crippen molar-refractivity contribution in [3.63, 3.8) is 0 Å². The molecule has 0 aliphatic carbocycles. The molecule has 3 rings (SSSR count). The molecule has 2 N–H and O–H groups in total. The molecule has 0 spiro atoms. The highest BCUT2D eigenvalue weighted by atomic mass is 16.2. The predicted octanol–water partition coefficient (Wildman–Crippen LogP) is 2.48. The van der Waals surface area contributed by atoms with Crippen molar-refractivity contribution in [2.45, 2.75) is 6.92 Å². The number of aryl methyl sites for hydroxylation is 1. The van der Waals surface area contributed by atoms with E-state index in [1.807, 2.05) is 19.1 Å². The van der Waals surface area contributed by atoms with E-state index in [9.17, 15) is 9.59 Å². The molecule has 5 nitrogen and oxygen atoms in total. The minimum atomic E-state index is -0.317. The van der Waals surface area contributed by atoms with E-state index in [2.05, 4.69) is 15.3 Å². The van der Waals surface area contributed by atoms with E-state index < -0.39 is 0 Å². The smallest absolute Gasteiger partial charge is 0.256 e. The Balaban J connectivity index is 2.04. The van der Waals surface area contributed by atoms with E-state index in [0.29, 0.717) is 22.2 Å². The molecule has 0 saturated heterocycles. The van der Waals surface area contributed by atoms with E-state index in [1.54, 1.807) is 30.5 Å². The monoisotopic (exact) mass is 279 g/mol.